The van der Waals surface area contributed by atoms with Gasteiger partial charge in [-0.2, -0.15) is 15.2 Å². The number of aromatic nitrogens is 2. The molecule has 4 aromatic rings. The molecule has 0 N–H and O–H groups in total. The van der Waals surface area contributed by atoms with Gasteiger partial charge in [-0.15, -0.1) is 0 Å². The van der Waals surface area contributed by atoms with Crippen LogP contribution in [0.1, 0.15) is 32.2 Å². The third-order valence-corrected chi connectivity index (χ3v) is 6.26. The maximum atomic E-state index is 12.6. The van der Waals surface area contributed by atoms with Gasteiger partial charge >= 0.3 is 0 Å². The second-order valence-corrected chi connectivity index (χ2v) is 8.19. The van der Waals surface area contributed by atoms with Crippen molar-refractivity contribution in [1.29, 1.82) is 5.26 Å². The quantitative estimate of drug-likeness (QED) is 0.291. The molecule has 0 bridgehead atoms. The Labute approximate surface area is 183 Å². The lowest BCUT2D eigenvalue weighted by Crippen LogP contribution is -2.00. The summed E-state index contributed by atoms with van der Waals surface area (Å²) in [6.45, 7) is 0. The highest BCUT2D eigenvalue weighted by Crippen LogP contribution is 2.35. The SMILES string of the molecule is N#Cc1ccc(-c2nc3oc(C=C4C(=O)c5cc(Cl)c(Cl)cc5C4=O)nc3s2)cc1. The third-order valence-electron chi connectivity index (χ3n) is 4.56. The Morgan fingerprint density at radius 2 is 1.63 bits per heavy atom. The number of benzene rings is 2. The summed E-state index contributed by atoms with van der Waals surface area (Å²) in [6, 6.07) is 11.8. The first-order valence-electron chi connectivity index (χ1n) is 8.52. The minimum Gasteiger partial charge on any atom is -0.417 e. The zero-order valence-electron chi connectivity index (χ0n) is 14.8. The Balaban J connectivity index is 1.49. The molecular formula is C21H7Cl2N3O3S. The number of fused-ring (bicyclic) bond motifs is 2. The number of Topliss-reactive ketones (excluding diaryl/α,β-unsaturated/α-hetero) is 2. The molecule has 6 nitrogen and oxygen atoms in total. The Morgan fingerprint density at radius 1 is 1.00 bits per heavy atom. The van der Waals surface area contributed by atoms with Crippen LogP contribution >= 0.6 is 34.5 Å². The molecule has 1 aliphatic rings. The van der Waals surface area contributed by atoms with Gasteiger partial charge in [0.2, 0.25) is 5.89 Å². The maximum Gasteiger partial charge on any atom is 0.259 e. The molecule has 0 unspecified atom stereocenters. The molecule has 9 heteroatoms. The van der Waals surface area contributed by atoms with E-state index in [0.29, 0.717) is 21.1 Å². The van der Waals surface area contributed by atoms with E-state index in [9.17, 15) is 9.59 Å². The number of allylic oxidation sites excluding steroid dienone is 1. The molecule has 1 aliphatic carbocycles. The second kappa shape index (κ2) is 6.89. The first-order valence-corrected chi connectivity index (χ1v) is 10.1. The van der Waals surface area contributed by atoms with Gasteiger partial charge in [-0.25, -0.2) is 0 Å². The molecule has 144 valence electrons. The first-order chi connectivity index (χ1) is 14.4. The van der Waals surface area contributed by atoms with Gasteiger partial charge in [0.15, 0.2) is 16.4 Å². The van der Waals surface area contributed by atoms with Crippen LogP contribution in [0.2, 0.25) is 10.0 Å². The van der Waals surface area contributed by atoms with Crippen LogP contribution < -0.4 is 0 Å². The fourth-order valence-corrected chi connectivity index (χ4v) is 4.30. The lowest BCUT2D eigenvalue weighted by molar-refractivity contribution is 0.0990. The van der Waals surface area contributed by atoms with E-state index < -0.39 is 11.6 Å². The molecule has 5 rings (SSSR count). The highest BCUT2D eigenvalue weighted by molar-refractivity contribution is 7.21. The van der Waals surface area contributed by atoms with Crippen LogP contribution in [0.25, 0.3) is 27.2 Å². The smallest absolute Gasteiger partial charge is 0.259 e. The number of carbonyl (C=O) groups excluding carboxylic acids is 2. The van der Waals surface area contributed by atoms with Crippen molar-refractivity contribution in [2.45, 2.75) is 0 Å². The van der Waals surface area contributed by atoms with Crippen LogP contribution in [-0.2, 0) is 0 Å². The lowest BCUT2D eigenvalue weighted by Gasteiger charge is -1.98. The van der Waals surface area contributed by atoms with Crippen LogP contribution in [0.5, 0.6) is 0 Å². The fraction of sp³-hybridized carbons (Fsp3) is 0. The summed E-state index contributed by atoms with van der Waals surface area (Å²) in [5.41, 5.74) is 2.03. The number of carbonyl (C=O) groups is 2. The molecule has 0 radical (unpaired) electrons. The average molecular weight is 452 g/mol. The minimum absolute atomic E-state index is 0.0652. The molecule has 0 fully saturated rings. The molecule has 2 heterocycles. The summed E-state index contributed by atoms with van der Waals surface area (Å²) in [5.74, 6) is -0.806. The van der Waals surface area contributed by atoms with Gasteiger partial charge in [-0.05, 0) is 24.3 Å². The minimum atomic E-state index is -0.457. The number of hydrogen-bond donors (Lipinski definition) is 0. The van der Waals surface area contributed by atoms with Gasteiger partial charge in [-0.3, -0.25) is 9.59 Å². The monoisotopic (exact) mass is 451 g/mol. The number of ketones is 2. The van der Waals surface area contributed by atoms with Gasteiger partial charge < -0.3 is 4.42 Å². The Hall–Kier alpha value is -3.31. The van der Waals surface area contributed by atoms with Crippen LogP contribution in [0.15, 0.2) is 46.4 Å². The molecule has 2 aromatic heterocycles. The highest BCUT2D eigenvalue weighted by Gasteiger charge is 2.34. The van der Waals surface area contributed by atoms with Crippen molar-refractivity contribution < 1.29 is 14.0 Å². The van der Waals surface area contributed by atoms with E-state index in [4.69, 9.17) is 32.9 Å². The van der Waals surface area contributed by atoms with Gasteiger partial charge in [0, 0.05) is 22.8 Å². The van der Waals surface area contributed by atoms with Crippen molar-refractivity contribution in [2.24, 2.45) is 0 Å². The summed E-state index contributed by atoms with van der Waals surface area (Å²) in [4.78, 5) is 34.5. The van der Waals surface area contributed by atoms with Crippen LogP contribution in [0, 0.1) is 11.3 Å². The number of hydrogen-bond acceptors (Lipinski definition) is 7. The van der Waals surface area contributed by atoms with E-state index in [1.807, 2.05) is 0 Å². The van der Waals surface area contributed by atoms with Crippen molar-refractivity contribution in [3.8, 4) is 16.6 Å². The van der Waals surface area contributed by atoms with Crippen LogP contribution in [-0.4, -0.2) is 21.5 Å². The number of oxazole rings is 1. The van der Waals surface area contributed by atoms with Crippen molar-refractivity contribution in [2.75, 3.05) is 0 Å². The standard InChI is InChI=1S/C21H7Cl2N3O3S/c22-14-5-11-12(6-15(14)23)18(28)13(17(11)27)7-16-25-21-19(29-16)26-20(30-21)10-3-1-9(8-24)2-4-10/h1-7H. The molecule has 0 saturated heterocycles. The topological polar surface area (TPSA) is 96.9 Å². The van der Waals surface area contributed by atoms with Gasteiger partial charge in [0.1, 0.15) is 5.01 Å². The van der Waals surface area contributed by atoms with Gasteiger partial charge in [-0.1, -0.05) is 46.7 Å². The van der Waals surface area contributed by atoms with E-state index in [0.717, 1.165) is 5.56 Å². The van der Waals surface area contributed by atoms with Gasteiger partial charge in [0.05, 0.1) is 27.3 Å². The highest BCUT2D eigenvalue weighted by atomic mass is 35.5. The van der Waals surface area contributed by atoms with Crippen molar-refractivity contribution in [1.82, 2.24) is 9.97 Å². The summed E-state index contributed by atoms with van der Waals surface area (Å²) >= 11 is 13.2. The van der Waals surface area contributed by atoms with Crippen LogP contribution in [0.4, 0.5) is 0 Å². The van der Waals surface area contributed by atoms with E-state index in [-0.39, 0.29) is 32.6 Å². The lowest BCUT2D eigenvalue weighted by atomic mass is 10.1. The molecule has 30 heavy (non-hydrogen) atoms. The molecule has 0 spiro atoms. The number of nitrogens with zero attached hydrogens (tertiary/aromatic N) is 3. The predicted molar refractivity (Wildman–Crippen MR) is 113 cm³/mol. The maximum absolute atomic E-state index is 12.6. The van der Waals surface area contributed by atoms with E-state index in [1.54, 1.807) is 24.3 Å². The van der Waals surface area contributed by atoms with Crippen molar-refractivity contribution in [3.05, 3.63) is 74.6 Å². The number of thiazole rings is 1. The van der Waals surface area contributed by atoms with Crippen molar-refractivity contribution >= 4 is 62.7 Å². The van der Waals surface area contributed by atoms with E-state index >= 15 is 0 Å². The van der Waals surface area contributed by atoms with Crippen molar-refractivity contribution in [3.63, 3.8) is 0 Å². The average Bonchev–Trinajstić information content (AvgIpc) is 3.37. The molecule has 0 atom stereocenters. The summed E-state index contributed by atoms with van der Waals surface area (Å²) in [5, 5.41) is 9.99. The molecular weight excluding hydrogens is 445 g/mol. The second-order valence-electron chi connectivity index (χ2n) is 6.40. The third kappa shape index (κ3) is 2.94. The zero-order valence-corrected chi connectivity index (χ0v) is 17.1. The van der Waals surface area contributed by atoms with E-state index in [1.165, 1.54) is 29.5 Å². The Bertz CT molecular complexity index is 1380. The molecule has 0 aliphatic heterocycles. The molecule has 0 amide bonds. The summed E-state index contributed by atoms with van der Waals surface area (Å²) < 4.78 is 5.62. The van der Waals surface area contributed by atoms with E-state index in [2.05, 4.69) is 16.0 Å². The molecule has 2 aromatic carbocycles. The zero-order chi connectivity index (χ0) is 21.0. The number of nitriles is 1. The Morgan fingerprint density at radius 3 is 2.20 bits per heavy atom. The molecule has 0 saturated carbocycles. The predicted octanol–water partition coefficient (Wildman–Crippen LogP) is 5.59. The number of halogens is 2. The Kier molecular flexibility index (Phi) is 4.29. The largest absolute Gasteiger partial charge is 0.417 e. The van der Waals surface area contributed by atoms with Crippen LogP contribution in [0.3, 0.4) is 0 Å². The fourth-order valence-electron chi connectivity index (χ4n) is 3.10. The van der Waals surface area contributed by atoms with Gasteiger partial charge in [0.25, 0.3) is 5.71 Å². The first kappa shape index (κ1) is 18.7. The number of rotatable bonds is 2. The normalized spacial score (nSPS) is 13.0. The summed E-state index contributed by atoms with van der Waals surface area (Å²) in [6.07, 6.45) is 1.31. The summed E-state index contributed by atoms with van der Waals surface area (Å²) in [7, 11) is 0.